The Hall–Kier alpha value is -2.56. The summed E-state index contributed by atoms with van der Waals surface area (Å²) in [5.41, 5.74) is 2.98. The Morgan fingerprint density at radius 2 is 1.55 bits per heavy atom. The molecule has 0 aromatic heterocycles. The first-order valence-electron chi connectivity index (χ1n) is 10.1. The van der Waals surface area contributed by atoms with Crippen LogP contribution in [-0.2, 0) is 10.2 Å². The van der Waals surface area contributed by atoms with Gasteiger partial charge in [-0.05, 0) is 54.3 Å². The molecule has 3 rings (SSSR count). The molecule has 1 atom stereocenters. The van der Waals surface area contributed by atoms with Crippen molar-refractivity contribution >= 4 is 40.7 Å². The molecule has 1 N–H and O–H groups in total. The second-order valence-corrected chi connectivity index (χ2v) is 10.3. The molecule has 1 amide bonds. The number of anilines is 1. The van der Waals surface area contributed by atoms with Gasteiger partial charge in [-0.1, -0.05) is 68.8 Å². The van der Waals surface area contributed by atoms with E-state index in [2.05, 4.69) is 26.1 Å². The standard InChI is InChI=1S/C26H26ClNO2S/c1-17(31-23-14-12-21(27)13-15-23)25(30)28-22-7-5-6-19(16-22)24(29)18-8-10-20(11-9-18)26(2,3)4/h5-17H,1-4H3,(H,28,30)/t17-/m1/s1. The summed E-state index contributed by atoms with van der Waals surface area (Å²) in [7, 11) is 0. The summed E-state index contributed by atoms with van der Waals surface area (Å²) >= 11 is 7.37. The van der Waals surface area contributed by atoms with E-state index >= 15 is 0 Å². The van der Waals surface area contributed by atoms with Crippen LogP contribution in [0, 0.1) is 0 Å². The number of nitrogens with one attached hydrogen (secondary N) is 1. The molecule has 3 nitrogen and oxygen atoms in total. The zero-order valence-electron chi connectivity index (χ0n) is 18.1. The van der Waals surface area contributed by atoms with Crippen molar-refractivity contribution in [2.45, 2.75) is 43.3 Å². The third kappa shape index (κ3) is 6.22. The van der Waals surface area contributed by atoms with Crippen LogP contribution >= 0.6 is 23.4 Å². The zero-order valence-corrected chi connectivity index (χ0v) is 19.7. The number of amides is 1. The first kappa shape index (κ1) is 23.1. The summed E-state index contributed by atoms with van der Waals surface area (Å²) in [6.45, 7) is 8.27. The molecule has 5 heteroatoms. The number of hydrogen-bond donors (Lipinski definition) is 1. The van der Waals surface area contributed by atoms with Gasteiger partial charge in [-0.3, -0.25) is 9.59 Å². The van der Waals surface area contributed by atoms with E-state index in [9.17, 15) is 9.59 Å². The number of carbonyl (C=O) groups is 2. The number of thioether (sulfide) groups is 1. The van der Waals surface area contributed by atoms with Gasteiger partial charge in [-0.2, -0.15) is 0 Å². The van der Waals surface area contributed by atoms with Crippen molar-refractivity contribution < 1.29 is 9.59 Å². The first-order chi connectivity index (χ1) is 14.6. The molecule has 3 aromatic rings. The summed E-state index contributed by atoms with van der Waals surface area (Å²) in [6, 6.07) is 22.2. The molecule has 0 aliphatic rings. The van der Waals surface area contributed by atoms with Crippen LogP contribution in [0.4, 0.5) is 5.69 Å². The molecule has 0 fully saturated rings. The summed E-state index contributed by atoms with van der Waals surface area (Å²) in [6.07, 6.45) is 0. The van der Waals surface area contributed by atoms with Crippen molar-refractivity contribution in [3.63, 3.8) is 0 Å². The molecule has 0 bridgehead atoms. The summed E-state index contributed by atoms with van der Waals surface area (Å²) < 4.78 is 0. The van der Waals surface area contributed by atoms with E-state index in [0.29, 0.717) is 21.8 Å². The van der Waals surface area contributed by atoms with E-state index in [-0.39, 0.29) is 22.4 Å². The minimum Gasteiger partial charge on any atom is -0.325 e. The molecule has 0 radical (unpaired) electrons. The van der Waals surface area contributed by atoms with Gasteiger partial charge in [0.05, 0.1) is 5.25 Å². The van der Waals surface area contributed by atoms with Gasteiger partial charge in [-0.25, -0.2) is 0 Å². The Labute approximate surface area is 193 Å². The van der Waals surface area contributed by atoms with E-state index in [1.165, 1.54) is 17.3 Å². The highest BCUT2D eigenvalue weighted by Gasteiger charge is 2.17. The van der Waals surface area contributed by atoms with Crippen molar-refractivity contribution in [2.75, 3.05) is 5.32 Å². The topological polar surface area (TPSA) is 46.2 Å². The van der Waals surface area contributed by atoms with Crippen molar-refractivity contribution in [2.24, 2.45) is 0 Å². The van der Waals surface area contributed by atoms with Gasteiger partial charge in [0.2, 0.25) is 5.91 Å². The molecule has 0 unspecified atom stereocenters. The lowest BCUT2D eigenvalue weighted by atomic mass is 9.86. The van der Waals surface area contributed by atoms with Crippen molar-refractivity contribution in [1.29, 1.82) is 0 Å². The average Bonchev–Trinajstić information content (AvgIpc) is 2.74. The van der Waals surface area contributed by atoms with Gasteiger partial charge < -0.3 is 5.32 Å². The monoisotopic (exact) mass is 451 g/mol. The normalized spacial score (nSPS) is 12.3. The Bertz CT molecular complexity index is 1070. The van der Waals surface area contributed by atoms with Crippen LogP contribution < -0.4 is 5.32 Å². The molecule has 31 heavy (non-hydrogen) atoms. The fourth-order valence-corrected chi connectivity index (χ4v) is 4.03. The highest BCUT2D eigenvalue weighted by molar-refractivity contribution is 8.00. The largest absolute Gasteiger partial charge is 0.325 e. The van der Waals surface area contributed by atoms with E-state index in [1.54, 1.807) is 36.4 Å². The fourth-order valence-electron chi connectivity index (χ4n) is 3.04. The summed E-state index contributed by atoms with van der Waals surface area (Å²) in [4.78, 5) is 26.5. The Morgan fingerprint density at radius 3 is 2.16 bits per heavy atom. The highest BCUT2D eigenvalue weighted by atomic mass is 35.5. The van der Waals surface area contributed by atoms with Crippen LogP contribution in [0.25, 0.3) is 0 Å². The van der Waals surface area contributed by atoms with Gasteiger partial charge in [0.15, 0.2) is 5.78 Å². The summed E-state index contributed by atoms with van der Waals surface area (Å²) in [5, 5.41) is 3.27. The second-order valence-electron chi connectivity index (χ2n) is 8.44. The van der Waals surface area contributed by atoms with Gasteiger partial charge in [0, 0.05) is 26.7 Å². The SMILES string of the molecule is C[C@@H](Sc1ccc(Cl)cc1)C(=O)Nc1cccc(C(=O)c2ccc(C(C)(C)C)cc2)c1. The molecule has 0 aliphatic heterocycles. The fraction of sp³-hybridized carbons (Fsp3) is 0.231. The maximum absolute atomic E-state index is 12.9. The van der Waals surface area contributed by atoms with Gasteiger partial charge in [0.25, 0.3) is 0 Å². The van der Waals surface area contributed by atoms with Gasteiger partial charge in [-0.15, -0.1) is 11.8 Å². The van der Waals surface area contributed by atoms with Crippen molar-refractivity contribution in [3.8, 4) is 0 Å². The zero-order chi connectivity index (χ0) is 22.6. The number of halogens is 1. The predicted octanol–water partition coefficient (Wildman–Crippen LogP) is 6.99. The number of ketones is 1. The molecule has 160 valence electrons. The minimum absolute atomic E-state index is 0.0342. The maximum Gasteiger partial charge on any atom is 0.237 e. The molecule has 0 saturated carbocycles. The van der Waals surface area contributed by atoms with Crippen LogP contribution in [0.5, 0.6) is 0 Å². The maximum atomic E-state index is 12.9. The van der Waals surface area contributed by atoms with E-state index < -0.39 is 0 Å². The third-order valence-corrected chi connectivity index (χ3v) is 6.27. The van der Waals surface area contributed by atoms with Crippen molar-refractivity contribution in [3.05, 3.63) is 94.5 Å². The molecule has 3 aromatic carbocycles. The molecule has 0 saturated heterocycles. The van der Waals surface area contributed by atoms with Gasteiger partial charge >= 0.3 is 0 Å². The minimum atomic E-state index is -0.300. The third-order valence-electron chi connectivity index (χ3n) is 4.90. The smallest absolute Gasteiger partial charge is 0.237 e. The van der Waals surface area contributed by atoms with Crippen LogP contribution in [0.1, 0.15) is 49.2 Å². The van der Waals surface area contributed by atoms with Crippen LogP contribution in [0.15, 0.2) is 77.7 Å². The van der Waals surface area contributed by atoms with Crippen LogP contribution in [-0.4, -0.2) is 16.9 Å². The van der Waals surface area contributed by atoms with Crippen molar-refractivity contribution in [1.82, 2.24) is 0 Å². The van der Waals surface area contributed by atoms with Gasteiger partial charge in [0.1, 0.15) is 0 Å². The van der Waals surface area contributed by atoms with E-state index in [0.717, 1.165) is 4.90 Å². The molecule has 0 spiro atoms. The van der Waals surface area contributed by atoms with Crippen LogP contribution in [0.2, 0.25) is 5.02 Å². The second kappa shape index (κ2) is 9.71. The van der Waals surface area contributed by atoms with Crippen LogP contribution in [0.3, 0.4) is 0 Å². The van der Waals surface area contributed by atoms with E-state index in [4.69, 9.17) is 11.6 Å². The number of rotatable bonds is 6. The number of benzene rings is 3. The molecular formula is C26H26ClNO2S. The number of hydrogen-bond acceptors (Lipinski definition) is 3. The summed E-state index contributed by atoms with van der Waals surface area (Å²) in [5.74, 6) is -0.195. The average molecular weight is 452 g/mol. The number of carbonyl (C=O) groups excluding carboxylic acids is 2. The molecule has 0 heterocycles. The Kier molecular flexibility index (Phi) is 7.24. The lowest BCUT2D eigenvalue weighted by Gasteiger charge is -2.19. The van der Waals surface area contributed by atoms with E-state index in [1.807, 2.05) is 43.3 Å². The molecule has 0 aliphatic carbocycles. The highest BCUT2D eigenvalue weighted by Crippen LogP contribution is 2.26. The Morgan fingerprint density at radius 1 is 0.903 bits per heavy atom. The Balaban J connectivity index is 1.68. The first-order valence-corrected chi connectivity index (χ1v) is 11.4. The quantitative estimate of drug-likeness (QED) is 0.324. The molecular weight excluding hydrogens is 426 g/mol. The lowest BCUT2D eigenvalue weighted by molar-refractivity contribution is -0.115. The lowest BCUT2D eigenvalue weighted by Crippen LogP contribution is -2.22. The predicted molar refractivity (Wildman–Crippen MR) is 130 cm³/mol.